The van der Waals surface area contributed by atoms with Gasteiger partial charge in [-0.3, -0.25) is 9.78 Å². The van der Waals surface area contributed by atoms with E-state index < -0.39 is 6.16 Å². The molecule has 1 amide bonds. The molecule has 1 aliphatic heterocycles. The van der Waals surface area contributed by atoms with Gasteiger partial charge in [-0.15, -0.1) is 0 Å². The predicted octanol–water partition coefficient (Wildman–Crippen LogP) is 6.23. The Labute approximate surface area is 219 Å². The number of hydrogen-bond donors (Lipinski definition) is 1. The number of carboxylic acid groups (broad SMARTS) is 1. The zero-order valence-electron chi connectivity index (χ0n) is 21.7. The van der Waals surface area contributed by atoms with Gasteiger partial charge in [0, 0.05) is 44.1 Å². The molecule has 2 aliphatic carbocycles. The number of amides is 1. The molecule has 7 nitrogen and oxygen atoms in total. The van der Waals surface area contributed by atoms with Crippen LogP contribution in [0.25, 0.3) is 0 Å². The molecule has 2 aromatic rings. The molecule has 7 heteroatoms. The van der Waals surface area contributed by atoms with Crippen molar-refractivity contribution in [3.63, 3.8) is 0 Å². The lowest BCUT2D eigenvalue weighted by Crippen LogP contribution is -2.38. The van der Waals surface area contributed by atoms with E-state index in [4.69, 9.17) is 9.84 Å². The summed E-state index contributed by atoms with van der Waals surface area (Å²) in [5.41, 5.74) is 3.49. The van der Waals surface area contributed by atoms with Gasteiger partial charge in [0.1, 0.15) is 5.75 Å². The number of fused-ring (bicyclic) bond motifs is 1. The number of hydrogen-bond acceptors (Lipinski definition) is 5. The smallest absolute Gasteiger partial charge is 0.449 e. The number of carbonyl (C=O) groups is 2. The number of carbonyl (C=O) groups excluding carboxylic acids is 1. The lowest BCUT2D eigenvalue weighted by atomic mass is 9.92. The van der Waals surface area contributed by atoms with Crippen molar-refractivity contribution >= 4 is 17.7 Å². The van der Waals surface area contributed by atoms with Crippen molar-refractivity contribution in [3.8, 4) is 5.75 Å². The Morgan fingerprint density at radius 1 is 0.973 bits per heavy atom. The average Bonchev–Trinajstić information content (AvgIpc) is 3.58. The number of piperidine rings is 1. The van der Waals surface area contributed by atoms with Gasteiger partial charge in [-0.05, 0) is 85.8 Å². The van der Waals surface area contributed by atoms with Crippen LogP contribution in [0.3, 0.4) is 0 Å². The van der Waals surface area contributed by atoms with Crippen LogP contribution in [0.4, 0.5) is 10.5 Å². The number of pyridine rings is 1. The highest BCUT2D eigenvalue weighted by Gasteiger charge is 2.32. The number of nitrogens with zero attached hydrogens (tertiary/aromatic N) is 3. The van der Waals surface area contributed by atoms with Crippen LogP contribution in [0.2, 0.25) is 0 Å². The summed E-state index contributed by atoms with van der Waals surface area (Å²) in [6.45, 7) is 2.83. The Hall–Kier alpha value is -3.09. The van der Waals surface area contributed by atoms with Crippen LogP contribution in [0, 0.1) is 11.8 Å². The quantitative estimate of drug-likeness (QED) is 0.321. The van der Waals surface area contributed by atoms with E-state index in [2.05, 4.69) is 26.9 Å². The number of ether oxygens (including phenoxy) is 1. The van der Waals surface area contributed by atoms with E-state index in [9.17, 15) is 9.59 Å². The Morgan fingerprint density at radius 3 is 2.43 bits per heavy atom. The van der Waals surface area contributed by atoms with Gasteiger partial charge in [0.25, 0.3) is 0 Å². The van der Waals surface area contributed by atoms with Crippen molar-refractivity contribution in [2.45, 2.75) is 76.7 Å². The predicted molar refractivity (Wildman–Crippen MR) is 143 cm³/mol. The number of rotatable bonds is 9. The van der Waals surface area contributed by atoms with Crippen molar-refractivity contribution in [2.75, 3.05) is 24.5 Å². The lowest BCUT2D eigenvalue weighted by molar-refractivity contribution is -0.134. The number of aryl methyl sites for hydroxylation is 1. The molecule has 198 valence electrons. The van der Waals surface area contributed by atoms with Crippen LogP contribution in [0.15, 0.2) is 42.7 Å². The maximum Gasteiger partial charge on any atom is 0.511 e. The summed E-state index contributed by atoms with van der Waals surface area (Å²) in [7, 11) is 0. The molecule has 1 saturated carbocycles. The minimum Gasteiger partial charge on any atom is -0.449 e. The summed E-state index contributed by atoms with van der Waals surface area (Å²) in [6, 6.07) is 9.67. The van der Waals surface area contributed by atoms with Crippen molar-refractivity contribution in [1.82, 2.24) is 9.88 Å². The third kappa shape index (κ3) is 6.43. The van der Waals surface area contributed by atoms with Gasteiger partial charge in [0.2, 0.25) is 5.91 Å². The third-order valence-electron chi connectivity index (χ3n) is 8.73. The molecule has 0 radical (unpaired) electrons. The standard InChI is InChI=1S/C30H39N3O4/c34-29(10-5-22-3-1-2-4-22)33(28-9-7-24-6-8-26(21-27(24)28)37-30(35)36)20-15-23-13-18-32(19-14-23)25-11-16-31-17-12-25/h6,8,11-12,16-17,21-23,28H,1-5,7,9-10,13-15,18-20H2,(H,35,36). The minimum absolute atomic E-state index is 0.000306. The molecule has 1 unspecified atom stereocenters. The van der Waals surface area contributed by atoms with Gasteiger partial charge in [-0.2, -0.15) is 0 Å². The molecule has 0 bridgehead atoms. The first-order valence-electron chi connectivity index (χ1n) is 14.0. The van der Waals surface area contributed by atoms with Gasteiger partial charge in [0.15, 0.2) is 0 Å². The normalized spacial score (nSPS) is 20.1. The van der Waals surface area contributed by atoms with Crippen molar-refractivity contribution < 1.29 is 19.4 Å². The Kier molecular flexibility index (Phi) is 8.27. The monoisotopic (exact) mass is 505 g/mol. The molecule has 1 aromatic carbocycles. The molecular weight excluding hydrogens is 466 g/mol. The maximum atomic E-state index is 13.7. The second kappa shape index (κ2) is 12.0. The molecule has 1 atom stereocenters. The summed E-state index contributed by atoms with van der Waals surface area (Å²) in [6.07, 6.45) is 14.2. The molecule has 3 aliphatic rings. The first-order chi connectivity index (χ1) is 18.1. The molecular formula is C30H39N3O4. The van der Waals surface area contributed by atoms with E-state index in [0.29, 0.717) is 24.0 Å². The summed E-state index contributed by atoms with van der Waals surface area (Å²) in [5, 5.41) is 9.08. The van der Waals surface area contributed by atoms with Crippen LogP contribution in [0.1, 0.15) is 81.4 Å². The zero-order chi connectivity index (χ0) is 25.6. The highest BCUT2D eigenvalue weighted by molar-refractivity contribution is 5.77. The fraction of sp³-hybridized carbons (Fsp3) is 0.567. The minimum atomic E-state index is -1.31. The lowest BCUT2D eigenvalue weighted by Gasteiger charge is -2.36. The van der Waals surface area contributed by atoms with Gasteiger partial charge < -0.3 is 19.6 Å². The SMILES string of the molecule is O=C(O)Oc1ccc2c(c1)C(N(CCC1CCN(c3ccncc3)CC1)C(=O)CCC1CCCC1)CC2. The molecule has 0 spiro atoms. The van der Waals surface area contributed by atoms with Crippen LogP contribution in [-0.2, 0) is 11.2 Å². The Bertz CT molecular complexity index is 1060. The Balaban J connectivity index is 1.25. The zero-order valence-corrected chi connectivity index (χ0v) is 21.7. The topological polar surface area (TPSA) is 83.0 Å². The van der Waals surface area contributed by atoms with Gasteiger partial charge in [-0.25, -0.2) is 4.79 Å². The molecule has 2 fully saturated rings. The summed E-state index contributed by atoms with van der Waals surface area (Å²) < 4.78 is 4.95. The van der Waals surface area contributed by atoms with Crippen LogP contribution in [-0.4, -0.2) is 46.7 Å². The summed E-state index contributed by atoms with van der Waals surface area (Å²) in [4.78, 5) is 33.4. The highest BCUT2D eigenvalue weighted by atomic mass is 16.7. The second-order valence-corrected chi connectivity index (χ2v) is 11.0. The fourth-order valence-electron chi connectivity index (χ4n) is 6.63. The first-order valence-corrected chi connectivity index (χ1v) is 14.0. The molecule has 2 heterocycles. The average molecular weight is 506 g/mol. The highest BCUT2D eigenvalue weighted by Crippen LogP contribution is 2.39. The van der Waals surface area contributed by atoms with Gasteiger partial charge in [0.05, 0.1) is 6.04 Å². The maximum absolute atomic E-state index is 13.7. The summed E-state index contributed by atoms with van der Waals surface area (Å²) in [5.74, 6) is 1.88. The molecule has 5 rings (SSSR count). The summed E-state index contributed by atoms with van der Waals surface area (Å²) >= 11 is 0. The Morgan fingerprint density at radius 2 is 1.70 bits per heavy atom. The number of aromatic nitrogens is 1. The van der Waals surface area contributed by atoms with Crippen molar-refractivity contribution in [1.29, 1.82) is 0 Å². The second-order valence-electron chi connectivity index (χ2n) is 11.0. The van der Waals surface area contributed by atoms with E-state index >= 15 is 0 Å². The number of benzene rings is 1. The first kappa shape index (κ1) is 25.6. The van der Waals surface area contributed by atoms with E-state index in [-0.39, 0.29) is 11.9 Å². The van der Waals surface area contributed by atoms with Crippen LogP contribution >= 0.6 is 0 Å². The number of anilines is 1. The third-order valence-corrected chi connectivity index (χ3v) is 8.73. The molecule has 1 N–H and O–H groups in total. The van der Waals surface area contributed by atoms with Crippen LogP contribution in [0.5, 0.6) is 5.75 Å². The van der Waals surface area contributed by atoms with E-state index in [1.165, 1.54) is 36.9 Å². The van der Waals surface area contributed by atoms with Crippen molar-refractivity contribution in [2.24, 2.45) is 11.8 Å². The molecule has 1 aromatic heterocycles. The molecule has 37 heavy (non-hydrogen) atoms. The van der Waals surface area contributed by atoms with Crippen LogP contribution < -0.4 is 9.64 Å². The van der Waals surface area contributed by atoms with E-state index in [0.717, 1.165) is 63.7 Å². The van der Waals surface area contributed by atoms with E-state index in [1.807, 2.05) is 24.5 Å². The van der Waals surface area contributed by atoms with Crippen molar-refractivity contribution in [3.05, 3.63) is 53.9 Å². The van der Waals surface area contributed by atoms with E-state index in [1.54, 1.807) is 6.07 Å². The van der Waals surface area contributed by atoms with Gasteiger partial charge in [-0.1, -0.05) is 31.7 Å². The fourth-order valence-corrected chi connectivity index (χ4v) is 6.63. The molecule has 1 saturated heterocycles. The largest absolute Gasteiger partial charge is 0.511 e. The van der Waals surface area contributed by atoms with Gasteiger partial charge >= 0.3 is 6.16 Å².